The van der Waals surface area contributed by atoms with Gasteiger partial charge >= 0.3 is 18.2 Å². The van der Waals surface area contributed by atoms with Gasteiger partial charge in [0.2, 0.25) is 0 Å². The van der Waals surface area contributed by atoms with Crippen LogP contribution in [0.2, 0.25) is 5.02 Å². The number of carbonyl (C=O) groups is 3. The van der Waals surface area contributed by atoms with Crippen LogP contribution in [0.25, 0.3) is 10.8 Å². The van der Waals surface area contributed by atoms with Gasteiger partial charge in [0.05, 0.1) is 17.7 Å². The Morgan fingerprint density at radius 3 is 2.57 bits per heavy atom. The molecule has 0 bridgehead atoms. The molecule has 4 amide bonds. The minimum Gasteiger partial charge on any atom is -0.450 e. The largest absolute Gasteiger partial charge is 0.450 e. The number of hydrogen-bond donors (Lipinski definition) is 3. The average molecular weight is 532 g/mol. The highest BCUT2D eigenvalue weighted by molar-refractivity contribution is 6.31. The molecule has 3 rings (SSSR count). The molecular weight excluding hydrogens is 505 g/mol. The van der Waals surface area contributed by atoms with Crippen LogP contribution < -0.4 is 16.0 Å². The highest BCUT2D eigenvalue weighted by atomic mass is 35.5. The van der Waals surface area contributed by atoms with Crippen LogP contribution in [-0.4, -0.2) is 60.9 Å². The molecular formula is C25H27ClFN5O5. The number of benzene rings is 2. The van der Waals surface area contributed by atoms with Crippen molar-refractivity contribution in [2.24, 2.45) is 0 Å². The summed E-state index contributed by atoms with van der Waals surface area (Å²) >= 11 is 5.95. The molecule has 0 radical (unpaired) electrons. The van der Waals surface area contributed by atoms with Crippen LogP contribution in [0, 0.1) is 5.82 Å². The fourth-order valence-electron chi connectivity index (χ4n) is 3.30. The Hall–Kier alpha value is -4.12. The number of anilines is 1. The average Bonchev–Trinajstić information content (AvgIpc) is 2.89. The SMILES string of the molecule is CCOC(=O)NC[C@@H](COC(=O)Nc1cc2ccccc2cn1)N(C)C(=O)NCc1cccc(F)c1Cl. The maximum Gasteiger partial charge on any atom is 0.412 e. The molecule has 1 atom stereocenters. The van der Waals surface area contributed by atoms with E-state index < -0.39 is 30.1 Å². The number of amides is 4. The maximum absolute atomic E-state index is 13.7. The van der Waals surface area contributed by atoms with Gasteiger partial charge in [0.1, 0.15) is 18.2 Å². The minimum atomic E-state index is -0.788. The van der Waals surface area contributed by atoms with Crippen molar-refractivity contribution in [2.75, 3.05) is 32.1 Å². The van der Waals surface area contributed by atoms with Gasteiger partial charge in [-0.05, 0) is 30.0 Å². The molecule has 0 aliphatic carbocycles. The van der Waals surface area contributed by atoms with E-state index >= 15 is 0 Å². The maximum atomic E-state index is 13.7. The lowest BCUT2D eigenvalue weighted by Gasteiger charge is -2.28. The second-order valence-electron chi connectivity index (χ2n) is 7.88. The van der Waals surface area contributed by atoms with Gasteiger partial charge in [-0.2, -0.15) is 0 Å². The number of hydrogen-bond acceptors (Lipinski definition) is 6. The summed E-state index contributed by atoms with van der Waals surface area (Å²) < 4.78 is 23.8. The number of aromatic nitrogens is 1. The number of alkyl carbamates (subject to hydrolysis) is 1. The number of nitrogens with one attached hydrogen (secondary N) is 3. The van der Waals surface area contributed by atoms with Gasteiger partial charge in [0.25, 0.3) is 0 Å². The zero-order valence-corrected chi connectivity index (χ0v) is 21.0. The Bertz CT molecular complexity index is 1260. The number of ether oxygens (including phenoxy) is 2. The number of halogens is 2. The van der Waals surface area contributed by atoms with Crippen molar-refractivity contribution in [3.63, 3.8) is 0 Å². The second-order valence-corrected chi connectivity index (χ2v) is 8.26. The molecule has 2 aromatic carbocycles. The van der Waals surface area contributed by atoms with E-state index in [0.717, 1.165) is 10.8 Å². The number of fused-ring (bicyclic) bond motifs is 1. The number of likely N-dealkylation sites (N-methyl/N-ethyl adjacent to an activating group) is 1. The molecule has 0 aliphatic heterocycles. The molecule has 0 spiro atoms. The van der Waals surface area contributed by atoms with E-state index in [2.05, 4.69) is 20.9 Å². The molecule has 0 saturated carbocycles. The van der Waals surface area contributed by atoms with Gasteiger partial charge in [-0.15, -0.1) is 0 Å². The lowest BCUT2D eigenvalue weighted by molar-refractivity contribution is 0.112. The van der Waals surface area contributed by atoms with E-state index in [1.54, 1.807) is 25.3 Å². The van der Waals surface area contributed by atoms with Crippen LogP contribution in [0.15, 0.2) is 54.7 Å². The van der Waals surface area contributed by atoms with E-state index in [9.17, 15) is 18.8 Å². The van der Waals surface area contributed by atoms with Crippen LogP contribution in [0.1, 0.15) is 12.5 Å². The molecule has 0 fully saturated rings. The van der Waals surface area contributed by atoms with Crippen molar-refractivity contribution in [1.29, 1.82) is 0 Å². The van der Waals surface area contributed by atoms with Gasteiger partial charge in [-0.25, -0.2) is 23.8 Å². The van der Waals surface area contributed by atoms with Crippen molar-refractivity contribution < 1.29 is 28.2 Å². The molecule has 37 heavy (non-hydrogen) atoms. The first kappa shape index (κ1) is 27.5. The van der Waals surface area contributed by atoms with Gasteiger partial charge in [0.15, 0.2) is 0 Å². The molecule has 0 unspecified atom stereocenters. The monoisotopic (exact) mass is 531 g/mol. The Morgan fingerprint density at radius 2 is 1.81 bits per heavy atom. The molecule has 12 heteroatoms. The zero-order valence-electron chi connectivity index (χ0n) is 20.3. The third kappa shape index (κ3) is 7.94. The Morgan fingerprint density at radius 1 is 1.05 bits per heavy atom. The summed E-state index contributed by atoms with van der Waals surface area (Å²) in [5.41, 5.74) is 0.392. The summed E-state index contributed by atoms with van der Waals surface area (Å²) in [6.45, 7) is 1.47. The molecule has 3 aromatic rings. The summed E-state index contributed by atoms with van der Waals surface area (Å²) in [6.07, 6.45) is 0.155. The van der Waals surface area contributed by atoms with Crippen molar-refractivity contribution in [2.45, 2.75) is 19.5 Å². The van der Waals surface area contributed by atoms with Crippen LogP contribution in [-0.2, 0) is 16.0 Å². The molecule has 10 nitrogen and oxygen atoms in total. The predicted octanol–water partition coefficient (Wildman–Crippen LogP) is 4.53. The zero-order chi connectivity index (χ0) is 26.8. The predicted molar refractivity (Wildman–Crippen MR) is 137 cm³/mol. The summed E-state index contributed by atoms with van der Waals surface area (Å²) in [7, 11) is 1.46. The second kappa shape index (κ2) is 13.3. The summed E-state index contributed by atoms with van der Waals surface area (Å²) in [4.78, 5) is 42.4. The Kier molecular flexibility index (Phi) is 9.84. The summed E-state index contributed by atoms with van der Waals surface area (Å²) in [5.74, 6) is -0.304. The van der Waals surface area contributed by atoms with Crippen molar-refractivity contribution in [3.05, 3.63) is 71.1 Å². The Labute approximate surface area is 218 Å². The van der Waals surface area contributed by atoms with Crippen LogP contribution >= 0.6 is 11.6 Å². The van der Waals surface area contributed by atoms with Gasteiger partial charge in [-0.3, -0.25) is 5.32 Å². The van der Waals surface area contributed by atoms with Crippen LogP contribution in [0.3, 0.4) is 0 Å². The summed E-state index contributed by atoms with van der Waals surface area (Å²) in [5, 5.41) is 9.42. The number of carbonyl (C=O) groups excluding carboxylic acids is 3. The number of urea groups is 1. The van der Waals surface area contributed by atoms with E-state index in [-0.39, 0.29) is 31.3 Å². The van der Waals surface area contributed by atoms with Gasteiger partial charge in [0, 0.05) is 31.7 Å². The first-order valence-corrected chi connectivity index (χ1v) is 11.8. The minimum absolute atomic E-state index is 0.0350. The Balaban J connectivity index is 1.61. The number of nitrogens with zero attached hydrogens (tertiary/aromatic N) is 2. The van der Waals surface area contributed by atoms with E-state index in [0.29, 0.717) is 11.4 Å². The smallest absolute Gasteiger partial charge is 0.412 e. The topological polar surface area (TPSA) is 122 Å². The first-order chi connectivity index (χ1) is 17.8. The highest BCUT2D eigenvalue weighted by Gasteiger charge is 2.23. The van der Waals surface area contributed by atoms with Crippen molar-refractivity contribution in [1.82, 2.24) is 20.5 Å². The normalized spacial score (nSPS) is 11.4. The quantitative estimate of drug-likeness (QED) is 0.373. The van der Waals surface area contributed by atoms with Gasteiger partial charge < -0.3 is 25.0 Å². The number of pyridine rings is 1. The third-order valence-corrected chi connectivity index (χ3v) is 5.78. The molecule has 196 valence electrons. The molecule has 1 aromatic heterocycles. The lowest BCUT2D eigenvalue weighted by Crippen LogP contribution is -2.51. The highest BCUT2D eigenvalue weighted by Crippen LogP contribution is 2.19. The molecule has 1 heterocycles. The van der Waals surface area contributed by atoms with Crippen molar-refractivity contribution >= 4 is 46.4 Å². The van der Waals surface area contributed by atoms with Crippen molar-refractivity contribution in [3.8, 4) is 0 Å². The van der Waals surface area contributed by atoms with Crippen LogP contribution in [0.5, 0.6) is 0 Å². The first-order valence-electron chi connectivity index (χ1n) is 11.4. The fraction of sp³-hybridized carbons (Fsp3) is 0.280. The molecule has 3 N–H and O–H groups in total. The van der Waals surface area contributed by atoms with E-state index in [1.807, 2.05) is 24.3 Å². The van der Waals surface area contributed by atoms with Crippen LogP contribution in [0.4, 0.5) is 24.6 Å². The number of rotatable bonds is 9. The third-order valence-electron chi connectivity index (χ3n) is 5.36. The van der Waals surface area contributed by atoms with Gasteiger partial charge in [-0.1, -0.05) is 48.0 Å². The lowest BCUT2D eigenvalue weighted by atomic mass is 10.2. The molecule has 0 aliphatic rings. The standard InChI is InChI=1S/C25H27ClFN5O5/c1-3-36-24(34)30-14-19(32(2)23(33)29-13-18-9-6-10-20(27)22(18)26)15-37-25(35)31-21-11-16-7-4-5-8-17(16)12-28-21/h4-12,19H,3,13-15H2,1-2H3,(H,29,33)(H,30,34)(H,28,31,35)/t19-/m0/s1. The summed E-state index contributed by atoms with van der Waals surface area (Å²) in [6, 6.07) is 12.2. The van der Waals surface area contributed by atoms with E-state index in [1.165, 1.54) is 24.1 Å². The fourth-order valence-corrected chi connectivity index (χ4v) is 3.49. The molecule has 0 saturated heterocycles. The van der Waals surface area contributed by atoms with E-state index in [4.69, 9.17) is 21.1 Å².